The summed E-state index contributed by atoms with van der Waals surface area (Å²) in [5.74, 6) is 1.77. The molecule has 0 aliphatic carbocycles. The molecule has 8 heteroatoms. The van der Waals surface area contributed by atoms with Crippen LogP contribution in [0.4, 0.5) is 17.3 Å². The molecule has 8 nitrogen and oxygen atoms in total. The third-order valence-electron chi connectivity index (χ3n) is 7.03. The zero-order valence-electron chi connectivity index (χ0n) is 21.8. The Kier molecular flexibility index (Phi) is 6.82. The van der Waals surface area contributed by atoms with Gasteiger partial charge in [-0.05, 0) is 46.5 Å². The number of fused-ring (bicyclic) bond motifs is 1. The predicted molar refractivity (Wildman–Crippen MR) is 156 cm³/mol. The molecule has 0 unspecified atom stereocenters. The molecule has 0 saturated carbocycles. The van der Waals surface area contributed by atoms with Gasteiger partial charge in [0, 0.05) is 50.7 Å². The second-order valence-electron chi connectivity index (χ2n) is 9.50. The maximum absolute atomic E-state index is 12.0. The van der Waals surface area contributed by atoms with Crippen molar-refractivity contribution in [3.63, 3.8) is 0 Å². The normalized spacial score (nSPS) is 13.5. The third-order valence-corrected chi connectivity index (χ3v) is 7.03. The van der Waals surface area contributed by atoms with Crippen LogP contribution in [-0.4, -0.2) is 52.0 Å². The average Bonchev–Trinajstić information content (AvgIpc) is 3.01. The lowest BCUT2D eigenvalue weighted by Gasteiger charge is -2.35. The van der Waals surface area contributed by atoms with Crippen molar-refractivity contribution in [2.75, 3.05) is 41.3 Å². The van der Waals surface area contributed by atoms with E-state index in [1.807, 2.05) is 49.5 Å². The Morgan fingerprint density at radius 2 is 1.56 bits per heavy atom. The van der Waals surface area contributed by atoms with Crippen LogP contribution in [0.5, 0.6) is 0 Å². The van der Waals surface area contributed by atoms with Crippen molar-refractivity contribution in [2.45, 2.75) is 13.3 Å². The smallest absolute Gasteiger partial charge is 0.224 e. The van der Waals surface area contributed by atoms with Crippen molar-refractivity contribution < 1.29 is 4.79 Å². The maximum Gasteiger partial charge on any atom is 0.224 e. The number of anilines is 3. The fraction of sp³-hybridized carbons (Fsp3) is 0.194. The summed E-state index contributed by atoms with van der Waals surface area (Å²) < 4.78 is 0. The lowest BCUT2D eigenvalue weighted by molar-refractivity contribution is -0.115. The number of hydrogen-bond donors (Lipinski definition) is 1. The van der Waals surface area contributed by atoms with E-state index in [0.29, 0.717) is 6.42 Å². The summed E-state index contributed by atoms with van der Waals surface area (Å²) in [6.07, 6.45) is 7.53. The Balaban J connectivity index is 1.31. The van der Waals surface area contributed by atoms with Gasteiger partial charge >= 0.3 is 0 Å². The minimum atomic E-state index is -0.00666. The Morgan fingerprint density at radius 3 is 2.31 bits per heavy atom. The summed E-state index contributed by atoms with van der Waals surface area (Å²) in [6.45, 7) is 5.21. The molecule has 2 aromatic heterocycles. The van der Waals surface area contributed by atoms with E-state index in [4.69, 9.17) is 9.97 Å². The zero-order chi connectivity index (χ0) is 26.6. The van der Waals surface area contributed by atoms with Crippen LogP contribution in [0, 0.1) is 0 Å². The molecule has 3 aromatic carbocycles. The number of benzene rings is 3. The van der Waals surface area contributed by atoms with E-state index in [1.54, 1.807) is 18.6 Å². The maximum atomic E-state index is 12.0. The largest absolute Gasteiger partial charge is 0.352 e. The molecule has 1 fully saturated rings. The highest BCUT2D eigenvalue weighted by Gasteiger charge is 2.20. The molecule has 3 heterocycles. The molecule has 1 aliphatic heterocycles. The lowest BCUT2D eigenvalue weighted by Crippen LogP contribution is -2.47. The Hall–Kier alpha value is -4.85. The fourth-order valence-electron chi connectivity index (χ4n) is 4.92. The number of hydrogen-bond acceptors (Lipinski definition) is 7. The van der Waals surface area contributed by atoms with E-state index in [9.17, 15) is 4.79 Å². The molecule has 0 radical (unpaired) electrons. The molecule has 0 atom stereocenters. The summed E-state index contributed by atoms with van der Waals surface area (Å²) in [6, 6.07) is 22.5. The topological polar surface area (TPSA) is 87.1 Å². The molecular weight excluding hydrogens is 486 g/mol. The van der Waals surface area contributed by atoms with Crippen molar-refractivity contribution in [3.05, 3.63) is 91.5 Å². The summed E-state index contributed by atoms with van der Waals surface area (Å²) in [5, 5.41) is 2.99. The lowest BCUT2D eigenvalue weighted by atomic mass is 9.93. The average molecular weight is 516 g/mol. The number of carbonyl (C=O) groups is 1. The van der Waals surface area contributed by atoms with Crippen molar-refractivity contribution in [3.8, 4) is 22.3 Å². The van der Waals surface area contributed by atoms with Gasteiger partial charge in [0.05, 0.1) is 23.4 Å². The number of nitrogens with one attached hydrogen (secondary N) is 1. The van der Waals surface area contributed by atoms with Crippen LogP contribution in [-0.2, 0) is 4.79 Å². The Morgan fingerprint density at radius 1 is 0.769 bits per heavy atom. The molecular formula is C31H29N7O. The first-order valence-electron chi connectivity index (χ1n) is 13.2. The SMILES string of the molecule is CCC(=O)Nc1ccc(-c2ccc3ncc(N4CCN(c5cnccn5)CC4)nc3c2)c(-c2ccccc2)c1. The number of rotatable bonds is 6. The minimum Gasteiger partial charge on any atom is -0.352 e. The Labute approximate surface area is 227 Å². The van der Waals surface area contributed by atoms with Gasteiger partial charge < -0.3 is 15.1 Å². The standard InChI is InChI=1S/C31H29N7O/c1-2-31(39)35-24-9-10-25(26(19-24)22-6-4-3-5-7-22)23-8-11-27-28(18-23)36-30(21-34-27)38-16-14-37(15-17-38)29-20-32-12-13-33-29/h3-13,18-21H,2,14-17H2,1H3,(H,35,39). The zero-order valence-corrected chi connectivity index (χ0v) is 21.8. The number of aromatic nitrogens is 4. The van der Waals surface area contributed by atoms with Crippen LogP contribution in [0.25, 0.3) is 33.3 Å². The number of amides is 1. The number of carbonyl (C=O) groups excluding carboxylic acids is 1. The van der Waals surface area contributed by atoms with Crippen LogP contribution in [0.15, 0.2) is 91.5 Å². The summed E-state index contributed by atoms with van der Waals surface area (Å²) in [4.78, 5) is 34.9. The minimum absolute atomic E-state index is 0.00666. The first-order valence-corrected chi connectivity index (χ1v) is 13.2. The van der Waals surface area contributed by atoms with Gasteiger partial charge in [-0.15, -0.1) is 0 Å². The summed E-state index contributed by atoms with van der Waals surface area (Å²) in [7, 11) is 0. The predicted octanol–water partition coefficient (Wildman–Crippen LogP) is 5.43. The van der Waals surface area contributed by atoms with Gasteiger partial charge in [0.15, 0.2) is 0 Å². The molecule has 1 aliphatic rings. The molecule has 0 spiro atoms. The number of piperazine rings is 1. The van der Waals surface area contributed by atoms with Crippen molar-refractivity contribution in [2.24, 2.45) is 0 Å². The molecule has 1 amide bonds. The van der Waals surface area contributed by atoms with Crippen LogP contribution in [0.1, 0.15) is 13.3 Å². The van der Waals surface area contributed by atoms with E-state index in [0.717, 1.165) is 76.8 Å². The highest BCUT2D eigenvalue weighted by molar-refractivity contribution is 5.94. The molecule has 6 rings (SSSR count). The van der Waals surface area contributed by atoms with Crippen LogP contribution >= 0.6 is 0 Å². The molecule has 39 heavy (non-hydrogen) atoms. The molecule has 5 aromatic rings. The number of nitrogens with zero attached hydrogens (tertiary/aromatic N) is 6. The summed E-state index contributed by atoms with van der Waals surface area (Å²) >= 11 is 0. The van der Waals surface area contributed by atoms with E-state index >= 15 is 0 Å². The van der Waals surface area contributed by atoms with Crippen LogP contribution in [0.3, 0.4) is 0 Å². The third kappa shape index (κ3) is 5.27. The van der Waals surface area contributed by atoms with Gasteiger partial charge in [-0.3, -0.25) is 14.8 Å². The van der Waals surface area contributed by atoms with Gasteiger partial charge in [-0.2, -0.15) is 0 Å². The first kappa shape index (κ1) is 24.5. The second-order valence-corrected chi connectivity index (χ2v) is 9.50. The monoisotopic (exact) mass is 515 g/mol. The molecule has 1 saturated heterocycles. The van der Waals surface area contributed by atoms with Gasteiger partial charge in [0.1, 0.15) is 11.6 Å². The highest BCUT2D eigenvalue weighted by Crippen LogP contribution is 2.35. The van der Waals surface area contributed by atoms with Crippen molar-refractivity contribution in [1.82, 2.24) is 19.9 Å². The van der Waals surface area contributed by atoms with E-state index < -0.39 is 0 Å². The molecule has 194 valence electrons. The summed E-state index contributed by atoms with van der Waals surface area (Å²) in [5.41, 5.74) is 6.75. The van der Waals surface area contributed by atoms with Gasteiger partial charge in [0.2, 0.25) is 5.91 Å². The van der Waals surface area contributed by atoms with Crippen LogP contribution in [0.2, 0.25) is 0 Å². The van der Waals surface area contributed by atoms with E-state index in [-0.39, 0.29) is 5.91 Å². The van der Waals surface area contributed by atoms with Crippen LogP contribution < -0.4 is 15.1 Å². The fourth-order valence-corrected chi connectivity index (χ4v) is 4.92. The van der Waals surface area contributed by atoms with Crippen molar-refractivity contribution in [1.29, 1.82) is 0 Å². The second kappa shape index (κ2) is 10.9. The van der Waals surface area contributed by atoms with Gasteiger partial charge in [-0.1, -0.05) is 49.4 Å². The van der Waals surface area contributed by atoms with Crippen molar-refractivity contribution >= 4 is 34.3 Å². The Bertz CT molecular complexity index is 1600. The van der Waals surface area contributed by atoms with Gasteiger partial charge in [0.25, 0.3) is 0 Å². The van der Waals surface area contributed by atoms with Gasteiger partial charge in [-0.25, -0.2) is 9.97 Å². The first-order chi connectivity index (χ1) is 19.2. The molecule has 1 N–H and O–H groups in total. The quantitative estimate of drug-likeness (QED) is 0.323. The van der Waals surface area contributed by atoms with E-state index in [1.165, 1.54) is 0 Å². The van der Waals surface area contributed by atoms with E-state index in [2.05, 4.69) is 55.4 Å². The molecule has 0 bridgehead atoms. The highest BCUT2D eigenvalue weighted by atomic mass is 16.1.